The first-order chi connectivity index (χ1) is 9.54. The van der Waals surface area contributed by atoms with Crippen molar-refractivity contribution in [2.24, 2.45) is 0 Å². The molecule has 2 aromatic carbocycles. The van der Waals surface area contributed by atoms with E-state index >= 15 is 0 Å². The quantitative estimate of drug-likeness (QED) is 0.446. The van der Waals surface area contributed by atoms with Crippen molar-refractivity contribution in [2.75, 3.05) is 38.0 Å². The predicted molar refractivity (Wildman–Crippen MR) is 97.4 cm³/mol. The second kappa shape index (κ2) is 8.21. The minimum absolute atomic E-state index is 0. The number of fused-ring (bicyclic) bond motifs is 2. The molecule has 126 valence electrons. The highest BCUT2D eigenvalue weighted by Crippen LogP contribution is 2.30. The van der Waals surface area contributed by atoms with Crippen LogP contribution in [-0.4, -0.2) is 44.1 Å². The van der Waals surface area contributed by atoms with Gasteiger partial charge in [0.2, 0.25) is 11.3 Å². The Labute approximate surface area is 146 Å². The van der Waals surface area contributed by atoms with E-state index < -0.39 is 0 Å². The van der Waals surface area contributed by atoms with Crippen molar-refractivity contribution in [1.29, 1.82) is 0 Å². The average molecular weight is 356 g/mol. The summed E-state index contributed by atoms with van der Waals surface area (Å²) in [4.78, 5) is 8.99. The zero-order valence-electron chi connectivity index (χ0n) is 13.6. The molecule has 0 unspecified atom stereocenters. The lowest BCUT2D eigenvalue weighted by molar-refractivity contribution is -0.00000646. The Bertz CT molecular complexity index is 734. The Morgan fingerprint density at radius 3 is 1.48 bits per heavy atom. The molecule has 1 heterocycles. The lowest BCUT2D eigenvalue weighted by Crippen LogP contribution is -3.00. The number of nitrogens with zero attached hydrogens (tertiary/aromatic N) is 3. The third-order valence-corrected chi connectivity index (χ3v) is 4.47. The summed E-state index contributed by atoms with van der Waals surface area (Å²) in [5.74, 6) is 0. The van der Waals surface area contributed by atoms with E-state index in [1.165, 1.54) is 20.8 Å². The fourth-order valence-electron chi connectivity index (χ4n) is 2.16. The summed E-state index contributed by atoms with van der Waals surface area (Å²) < 4.78 is 2.44. The number of rotatable bonds is 2. The van der Waals surface area contributed by atoms with Crippen LogP contribution in [0.15, 0.2) is 36.4 Å². The minimum Gasteiger partial charge on any atom is -1.00 e. The zero-order valence-corrected chi connectivity index (χ0v) is 15.2. The van der Waals surface area contributed by atoms with Crippen molar-refractivity contribution >= 4 is 43.1 Å². The average Bonchev–Trinajstić information content (AvgIpc) is 2.43. The number of benzene rings is 2. The third-order valence-electron chi connectivity index (χ3n) is 3.38. The zero-order chi connectivity index (χ0) is 14.3. The summed E-state index contributed by atoms with van der Waals surface area (Å²) in [6, 6.07) is 12.8. The number of anilines is 2. The van der Waals surface area contributed by atoms with Crippen LogP contribution in [0.2, 0.25) is 0 Å². The molecule has 0 spiro atoms. The van der Waals surface area contributed by atoms with Gasteiger partial charge >= 0.3 is 0 Å². The Hall–Kier alpha value is -1.73. The monoisotopic (exact) mass is 355 g/mol. The highest BCUT2D eigenvalue weighted by molar-refractivity contribution is 7.24. The Morgan fingerprint density at radius 1 is 0.739 bits per heavy atom. The number of hydrogen-bond acceptors (Lipinski definition) is 3. The molecule has 0 bridgehead atoms. The molecule has 7 heteroatoms. The number of hydrogen-bond donors (Lipinski definition) is 0. The molecule has 0 aliphatic rings. The number of halogens is 1. The van der Waals surface area contributed by atoms with Gasteiger partial charge in [-0.15, -0.1) is 0 Å². The fraction of sp³-hybridized carbons (Fsp3) is 0.250. The molecule has 3 aromatic rings. The van der Waals surface area contributed by atoms with Crippen LogP contribution >= 0.6 is 11.3 Å². The normalized spacial score (nSPS) is 9.57. The van der Waals surface area contributed by atoms with Crippen molar-refractivity contribution < 1.29 is 23.4 Å². The van der Waals surface area contributed by atoms with Crippen LogP contribution in [0.25, 0.3) is 20.4 Å². The number of aromatic nitrogens is 1. The van der Waals surface area contributed by atoms with E-state index in [0.717, 1.165) is 11.0 Å². The highest BCUT2D eigenvalue weighted by atomic mass is 35.5. The van der Waals surface area contributed by atoms with Gasteiger partial charge in [-0.05, 0) is 24.3 Å². The van der Waals surface area contributed by atoms with Gasteiger partial charge in [0.1, 0.15) is 11.0 Å². The smallest absolute Gasteiger partial charge is 0.259 e. The molecule has 0 saturated carbocycles. The second-order valence-corrected chi connectivity index (χ2v) is 6.39. The maximum atomic E-state index is 4.75. The summed E-state index contributed by atoms with van der Waals surface area (Å²) in [7, 11) is 8.24. The molecule has 3 rings (SSSR count). The molecule has 0 fully saturated rings. The molecule has 0 aliphatic carbocycles. The van der Waals surface area contributed by atoms with E-state index in [1.54, 1.807) is 11.3 Å². The van der Waals surface area contributed by atoms with Crippen LogP contribution in [0.5, 0.6) is 0 Å². The summed E-state index contributed by atoms with van der Waals surface area (Å²) in [6.45, 7) is 0. The molecule has 0 saturated heterocycles. The first-order valence-electron chi connectivity index (χ1n) is 6.57. The van der Waals surface area contributed by atoms with E-state index in [-0.39, 0.29) is 23.4 Å². The van der Waals surface area contributed by atoms with Crippen molar-refractivity contribution in [2.45, 2.75) is 0 Å². The van der Waals surface area contributed by atoms with E-state index in [2.05, 4.69) is 74.4 Å². The Balaban J connectivity index is 0.00000161. The Morgan fingerprint density at radius 2 is 1.13 bits per heavy atom. The van der Waals surface area contributed by atoms with E-state index in [4.69, 9.17) is 4.98 Å². The van der Waals surface area contributed by atoms with Gasteiger partial charge in [0.15, 0.2) is 0 Å². The topological polar surface area (TPSA) is 82.4 Å². The Kier molecular flexibility index (Phi) is 7.60. The van der Waals surface area contributed by atoms with E-state index in [9.17, 15) is 0 Å². The van der Waals surface area contributed by atoms with Gasteiger partial charge in [-0.25, -0.2) is 4.98 Å². The first kappa shape index (κ1) is 21.3. The summed E-state index contributed by atoms with van der Waals surface area (Å²) in [5.41, 5.74) is 4.54. The van der Waals surface area contributed by atoms with Crippen molar-refractivity contribution in [1.82, 2.24) is 4.98 Å². The predicted octanol–water partition coefficient (Wildman–Crippen LogP) is -0.783. The SMILES string of the molecule is CN(C)c1ccc2nc3ccc(N(C)C)cc3[s+]c2c1.O.O.[Cl-]. The molecular weight excluding hydrogens is 334 g/mol. The van der Waals surface area contributed by atoms with Gasteiger partial charge in [-0.3, -0.25) is 0 Å². The first-order valence-corrected chi connectivity index (χ1v) is 7.38. The minimum atomic E-state index is 0. The van der Waals surface area contributed by atoms with E-state index in [1.807, 2.05) is 0 Å². The molecule has 23 heavy (non-hydrogen) atoms. The van der Waals surface area contributed by atoms with Gasteiger partial charge < -0.3 is 33.2 Å². The van der Waals surface area contributed by atoms with Crippen LogP contribution < -0.4 is 22.2 Å². The van der Waals surface area contributed by atoms with Gasteiger partial charge in [0, 0.05) is 51.7 Å². The van der Waals surface area contributed by atoms with Gasteiger partial charge in [-0.1, -0.05) is 0 Å². The molecule has 0 atom stereocenters. The van der Waals surface area contributed by atoms with Crippen LogP contribution in [0.4, 0.5) is 11.4 Å². The summed E-state index contributed by atoms with van der Waals surface area (Å²) in [6.07, 6.45) is 0. The van der Waals surface area contributed by atoms with Crippen molar-refractivity contribution in [3.63, 3.8) is 0 Å². The standard InChI is InChI=1S/C16H18N3S.ClH.2H2O/c1-18(2)11-5-7-13-15(9-11)20-16-10-12(19(3)4)6-8-14(16)17-13;;;/h5-10H,1-4H3;1H;2*1H2/q+1;;;/p-1. The molecule has 1 aromatic heterocycles. The van der Waals surface area contributed by atoms with Gasteiger partial charge in [-0.2, -0.15) is 0 Å². The fourth-order valence-corrected chi connectivity index (χ4v) is 3.19. The molecule has 0 aliphatic heterocycles. The van der Waals surface area contributed by atoms with Gasteiger partial charge in [0.05, 0.1) is 0 Å². The van der Waals surface area contributed by atoms with Crippen LogP contribution in [0.1, 0.15) is 0 Å². The molecule has 0 amide bonds. The summed E-state index contributed by atoms with van der Waals surface area (Å²) in [5, 5.41) is 0. The molecule has 5 nitrogen and oxygen atoms in total. The van der Waals surface area contributed by atoms with Crippen LogP contribution in [0, 0.1) is 0 Å². The van der Waals surface area contributed by atoms with Gasteiger partial charge in [0.25, 0.3) is 9.40 Å². The van der Waals surface area contributed by atoms with Crippen LogP contribution in [-0.2, 0) is 0 Å². The van der Waals surface area contributed by atoms with Crippen LogP contribution in [0.3, 0.4) is 0 Å². The lowest BCUT2D eigenvalue weighted by atomic mass is 10.2. The van der Waals surface area contributed by atoms with Crippen molar-refractivity contribution in [3.8, 4) is 0 Å². The molecule has 4 N–H and O–H groups in total. The van der Waals surface area contributed by atoms with E-state index in [0.29, 0.717) is 0 Å². The molecule has 0 radical (unpaired) electrons. The lowest BCUT2D eigenvalue weighted by Gasteiger charge is -2.11. The molecular formula is C16H22ClN3O2S. The largest absolute Gasteiger partial charge is 1.00 e. The maximum Gasteiger partial charge on any atom is 0.259 e. The third kappa shape index (κ3) is 4.17. The second-order valence-electron chi connectivity index (χ2n) is 5.31. The highest BCUT2D eigenvalue weighted by Gasteiger charge is 2.14. The summed E-state index contributed by atoms with van der Waals surface area (Å²) >= 11 is 1.80. The van der Waals surface area contributed by atoms with Crippen molar-refractivity contribution in [3.05, 3.63) is 36.4 Å². The maximum absolute atomic E-state index is 4.75.